The van der Waals surface area contributed by atoms with Crippen molar-refractivity contribution in [3.8, 4) is 0 Å². The number of nitrogens with one attached hydrogen (secondary N) is 1. The van der Waals surface area contributed by atoms with Gasteiger partial charge in [0.25, 0.3) is 0 Å². The van der Waals surface area contributed by atoms with E-state index in [-0.39, 0.29) is 11.7 Å². The Balaban J connectivity index is 2.10. The highest BCUT2D eigenvalue weighted by Crippen LogP contribution is 1.99. The first-order chi connectivity index (χ1) is 7.99. The summed E-state index contributed by atoms with van der Waals surface area (Å²) in [6.07, 6.45) is 0.858. The molecule has 1 saturated heterocycles. The molecule has 1 rings (SSSR count). The van der Waals surface area contributed by atoms with Crippen LogP contribution in [0.1, 0.15) is 20.3 Å². The molecule has 0 saturated carbocycles. The highest BCUT2D eigenvalue weighted by atomic mass is 32.2. The first-order valence-electron chi connectivity index (χ1n) is 6.27. The van der Waals surface area contributed by atoms with E-state index in [9.17, 15) is 8.42 Å². The number of ether oxygens (including phenoxy) is 1. The molecule has 0 unspecified atom stereocenters. The molecular weight excluding hydrogens is 240 g/mol. The summed E-state index contributed by atoms with van der Waals surface area (Å²) in [6.45, 7) is 8.79. The Bertz CT molecular complexity index is 298. The number of hydrogen-bond donors (Lipinski definition) is 1. The predicted molar refractivity (Wildman–Crippen MR) is 68.5 cm³/mol. The highest BCUT2D eigenvalue weighted by Gasteiger charge is 2.13. The third-order valence-corrected chi connectivity index (χ3v) is 4.38. The lowest BCUT2D eigenvalue weighted by molar-refractivity contribution is 0.0376. The maximum atomic E-state index is 11.5. The van der Waals surface area contributed by atoms with Crippen LogP contribution in [0, 0.1) is 5.92 Å². The first-order valence-corrected chi connectivity index (χ1v) is 7.92. The van der Waals surface area contributed by atoms with Crippen LogP contribution in [-0.2, 0) is 14.8 Å². The van der Waals surface area contributed by atoms with E-state index in [2.05, 4.69) is 9.62 Å². The Kier molecular flexibility index (Phi) is 6.40. The number of hydrogen-bond acceptors (Lipinski definition) is 4. The summed E-state index contributed by atoms with van der Waals surface area (Å²) in [6, 6.07) is 0. The van der Waals surface area contributed by atoms with E-state index in [0.717, 1.165) is 39.3 Å². The second-order valence-electron chi connectivity index (χ2n) is 4.88. The lowest BCUT2D eigenvalue weighted by Gasteiger charge is -2.26. The molecule has 0 radical (unpaired) electrons. The zero-order chi connectivity index (χ0) is 12.7. The molecule has 6 heteroatoms. The van der Waals surface area contributed by atoms with Gasteiger partial charge in [0.1, 0.15) is 0 Å². The zero-order valence-corrected chi connectivity index (χ0v) is 11.6. The molecule has 0 aliphatic carbocycles. The molecule has 0 amide bonds. The average Bonchev–Trinajstić information content (AvgIpc) is 2.24. The second-order valence-corrected chi connectivity index (χ2v) is 6.73. The molecule has 1 aliphatic heterocycles. The van der Waals surface area contributed by atoms with Gasteiger partial charge in [-0.1, -0.05) is 13.8 Å². The molecule has 0 atom stereocenters. The summed E-state index contributed by atoms with van der Waals surface area (Å²) >= 11 is 0. The van der Waals surface area contributed by atoms with Crippen molar-refractivity contribution in [1.29, 1.82) is 0 Å². The van der Waals surface area contributed by atoms with Gasteiger partial charge in [0, 0.05) is 19.6 Å². The van der Waals surface area contributed by atoms with Crippen molar-refractivity contribution in [1.82, 2.24) is 9.62 Å². The second kappa shape index (κ2) is 7.31. The van der Waals surface area contributed by atoms with Crippen LogP contribution < -0.4 is 4.72 Å². The topological polar surface area (TPSA) is 58.6 Å². The van der Waals surface area contributed by atoms with Crippen LogP contribution in [-0.4, -0.2) is 58.5 Å². The number of nitrogens with zero attached hydrogens (tertiary/aromatic N) is 1. The smallest absolute Gasteiger partial charge is 0.211 e. The molecule has 1 heterocycles. The third kappa shape index (κ3) is 6.98. The third-order valence-electron chi connectivity index (χ3n) is 2.63. The van der Waals surface area contributed by atoms with Crippen molar-refractivity contribution in [2.45, 2.75) is 20.3 Å². The van der Waals surface area contributed by atoms with Crippen LogP contribution in [0.4, 0.5) is 0 Å². The SMILES string of the molecule is CC(C)CS(=O)(=O)NCCCN1CCOCC1. The minimum Gasteiger partial charge on any atom is -0.379 e. The van der Waals surface area contributed by atoms with Gasteiger partial charge in [-0.15, -0.1) is 0 Å². The van der Waals surface area contributed by atoms with E-state index < -0.39 is 10.0 Å². The molecule has 1 aliphatic rings. The summed E-state index contributed by atoms with van der Waals surface area (Å²) in [5.74, 6) is 0.386. The number of rotatable bonds is 7. The standard InChI is InChI=1S/C11H24N2O3S/c1-11(2)10-17(14,15)12-4-3-5-13-6-8-16-9-7-13/h11-12H,3-10H2,1-2H3. The Morgan fingerprint density at radius 1 is 1.29 bits per heavy atom. The monoisotopic (exact) mass is 264 g/mol. The van der Waals surface area contributed by atoms with Gasteiger partial charge < -0.3 is 4.74 Å². The van der Waals surface area contributed by atoms with Crippen LogP contribution in [0.3, 0.4) is 0 Å². The van der Waals surface area contributed by atoms with Gasteiger partial charge in [-0.25, -0.2) is 13.1 Å². The minimum absolute atomic E-state index is 0.173. The highest BCUT2D eigenvalue weighted by molar-refractivity contribution is 7.89. The summed E-state index contributed by atoms with van der Waals surface area (Å²) in [5.41, 5.74) is 0. The van der Waals surface area contributed by atoms with Gasteiger partial charge in [0.15, 0.2) is 0 Å². The van der Waals surface area contributed by atoms with E-state index in [1.165, 1.54) is 0 Å². The van der Waals surface area contributed by atoms with Crippen LogP contribution in [0.25, 0.3) is 0 Å². The lowest BCUT2D eigenvalue weighted by Crippen LogP contribution is -2.38. The normalized spacial score (nSPS) is 18.8. The van der Waals surface area contributed by atoms with Crippen LogP contribution in [0.15, 0.2) is 0 Å². The fourth-order valence-corrected chi connectivity index (χ4v) is 3.30. The van der Waals surface area contributed by atoms with E-state index in [1.54, 1.807) is 0 Å². The zero-order valence-electron chi connectivity index (χ0n) is 10.8. The number of morpholine rings is 1. The Labute approximate surface area is 105 Å². The van der Waals surface area contributed by atoms with Crippen molar-refractivity contribution in [2.75, 3.05) is 45.1 Å². The van der Waals surface area contributed by atoms with E-state index in [4.69, 9.17) is 4.74 Å². The average molecular weight is 264 g/mol. The molecule has 5 nitrogen and oxygen atoms in total. The molecule has 1 fully saturated rings. The van der Waals surface area contributed by atoms with Gasteiger partial charge in [-0.2, -0.15) is 0 Å². The summed E-state index contributed by atoms with van der Waals surface area (Å²) in [5, 5.41) is 0. The summed E-state index contributed by atoms with van der Waals surface area (Å²) < 4.78 is 31.0. The summed E-state index contributed by atoms with van der Waals surface area (Å²) in [7, 11) is -3.08. The molecule has 0 bridgehead atoms. The van der Waals surface area contributed by atoms with Gasteiger partial charge >= 0.3 is 0 Å². The summed E-state index contributed by atoms with van der Waals surface area (Å²) in [4.78, 5) is 2.31. The van der Waals surface area contributed by atoms with Crippen LogP contribution >= 0.6 is 0 Å². The molecule has 0 aromatic rings. The predicted octanol–water partition coefficient (Wildman–Crippen LogP) is 0.284. The van der Waals surface area contributed by atoms with Crippen molar-refractivity contribution in [2.24, 2.45) is 5.92 Å². The van der Waals surface area contributed by atoms with Gasteiger partial charge in [-0.05, 0) is 18.9 Å². The Hall–Kier alpha value is -0.170. The molecule has 102 valence electrons. The molecule has 17 heavy (non-hydrogen) atoms. The fraction of sp³-hybridized carbons (Fsp3) is 1.00. The maximum absolute atomic E-state index is 11.5. The lowest BCUT2D eigenvalue weighted by atomic mass is 10.3. The molecule has 0 aromatic carbocycles. The van der Waals surface area contributed by atoms with Crippen LogP contribution in [0.5, 0.6) is 0 Å². The number of sulfonamides is 1. The van der Waals surface area contributed by atoms with Crippen molar-refractivity contribution >= 4 is 10.0 Å². The van der Waals surface area contributed by atoms with E-state index >= 15 is 0 Å². The Morgan fingerprint density at radius 2 is 1.94 bits per heavy atom. The minimum atomic E-state index is -3.08. The molecular formula is C11H24N2O3S. The quantitative estimate of drug-likeness (QED) is 0.671. The van der Waals surface area contributed by atoms with Crippen LogP contribution in [0.2, 0.25) is 0 Å². The van der Waals surface area contributed by atoms with Gasteiger partial charge in [-0.3, -0.25) is 4.90 Å². The van der Waals surface area contributed by atoms with Crippen molar-refractivity contribution in [3.05, 3.63) is 0 Å². The fourth-order valence-electron chi connectivity index (χ4n) is 1.85. The van der Waals surface area contributed by atoms with Crippen molar-refractivity contribution < 1.29 is 13.2 Å². The van der Waals surface area contributed by atoms with E-state index in [1.807, 2.05) is 13.8 Å². The largest absolute Gasteiger partial charge is 0.379 e. The van der Waals surface area contributed by atoms with Gasteiger partial charge in [0.2, 0.25) is 10.0 Å². The molecule has 0 aromatic heterocycles. The molecule has 0 spiro atoms. The Morgan fingerprint density at radius 3 is 2.53 bits per heavy atom. The van der Waals surface area contributed by atoms with E-state index in [0.29, 0.717) is 6.54 Å². The van der Waals surface area contributed by atoms with Gasteiger partial charge in [0.05, 0.1) is 19.0 Å². The molecule has 1 N–H and O–H groups in total. The first kappa shape index (κ1) is 14.9. The van der Waals surface area contributed by atoms with Crippen molar-refractivity contribution in [3.63, 3.8) is 0 Å². The maximum Gasteiger partial charge on any atom is 0.211 e.